The Hall–Kier alpha value is -0.860. The minimum atomic E-state index is -0.764. The van der Waals surface area contributed by atoms with Crippen molar-refractivity contribution in [2.45, 2.75) is 38.7 Å². The van der Waals surface area contributed by atoms with Crippen molar-refractivity contribution < 1.29 is 9.84 Å². The largest absolute Gasteiger partial charge is 0.385 e. The van der Waals surface area contributed by atoms with Crippen LogP contribution in [-0.2, 0) is 16.8 Å². The normalized spacial score (nSPS) is 23.6. The van der Waals surface area contributed by atoms with Gasteiger partial charge in [0.2, 0.25) is 0 Å². The molecule has 2 heteroatoms. The first-order valence-electron chi connectivity index (χ1n) is 6.54. The van der Waals surface area contributed by atoms with Gasteiger partial charge in [0.15, 0.2) is 0 Å². The summed E-state index contributed by atoms with van der Waals surface area (Å²) < 4.78 is 5.38. The van der Waals surface area contributed by atoms with Crippen molar-refractivity contribution in [3.05, 3.63) is 35.4 Å². The summed E-state index contributed by atoms with van der Waals surface area (Å²) in [6.07, 6.45) is 3.16. The Balaban J connectivity index is 2.22. The number of ether oxygens (including phenoxy) is 1. The number of hydrogen-bond acceptors (Lipinski definition) is 2. The predicted octanol–water partition coefficient (Wildman–Crippen LogP) is 2.88. The number of aryl methyl sites for hydroxylation is 1. The fourth-order valence-corrected chi connectivity index (χ4v) is 2.54. The van der Waals surface area contributed by atoms with E-state index in [1.165, 1.54) is 5.56 Å². The first-order valence-corrected chi connectivity index (χ1v) is 6.54. The molecule has 1 aliphatic heterocycles. The zero-order chi connectivity index (χ0) is 12.3. The molecule has 0 amide bonds. The van der Waals surface area contributed by atoms with E-state index in [1.807, 2.05) is 19.1 Å². The minimum absolute atomic E-state index is 0.222. The topological polar surface area (TPSA) is 29.5 Å². The van der Waals surface area contributed by atoms with Gasteiger partial charge < -0.3 is 9.84 Å². The van der Waals surface area contributed by atoms with Crippen LogP contribution in [0.25, 0.3) is 0 Å². The summed E-state index contributed by atoms with van der Waals surface area (Å²) in [5, 5.41) is 10.7. The van der Waals surface area contributed by atoms with Crippen LogP contribution in [0.2, 0.25) is 0 Å². The van der Waals surface area contributed by atoms with Crippen molar-refractivity contribution >= 4 is 0 Å². The molecular formula is C15H22O2. The molecule has 0 aromatic heterocycles. The fraction of sp³-hybridized carbons (Fsp3) is 0.600. The number of aliphatic hydroxyl groups is 1. The van der Waals surface area contributed by atoms with Crippen LogP contribution < -0.4 is 0 Å². The van der Waals surface area contributed by atoms with E-state index in [-0.39, 0.29) is 5.92 Å². The molecular weight excluding hydrogens is 212 g/mol. The van der Waals surface area contributed by atoms with E-state index >= 15 is 0 Å². The summed E-state index contributed by atoms with van der Waals surface area (Å²) in [7, 11) is 0. The fourth-order valence-electron chi connectivity index (χ4n) is 2.54. The molecule has 2 atom stereocenters. The van der Waals surface area contributed by atoms with Crippen LogP contribution in [0.15, 0.2) is 24.3 Å². The van der Waals surface area contributed by atoms with Crippen molar-refractivity contribution in [1.29, 1.82) is 0 Å². The highest BCUT2D eigenvalue weighted by molar-refractivity contribution is 5.28. The second-order valence-corrected chi connectivity index (χ2v) is 5.16. The minimum Gasteiger partial charge on any atom is -0.385 e. The van der Waals surface area contributed by atoms with Gasteiger partial charge in [-0.25, -0.2) is 0 Å². The van der Waals surface area contributed by atoms with Gasteiger partial charge >= 0.3 is 0 Å². The van der Waals surface area contributed by atoms with Crippen molar-refractivity contribution in [1.82, 2.24) is 0 Å². The third kappa shape index (κ3) is 2.70. The van der Waals surface area contributed by atoms with Crippen molar-refractivity contribution in [3.8, 4) is 0 Å². The number of benzene rings is 1. The Morgan fingerprint density at radius 3 is 2.94 bits per heavy atom. The van der Waals surface area contributed by atoms with Crippen molar-refractivity contribution in [2.24, 2.45) is 5.92 Å². The molecule has 17 heavy (non-hydrogen) atoms. The molecule has 0 bridgehead atoms. The van der Waals surface area contributed by atoms with Gasteiger partial charge in [-0.1, -0.05) is 37.6 Å². The van der Waals surface area contributed by atoms with E-state index in [0.717, 1.165) is 31.4 Å². The Labute approximate surface area is 104 Å². The number of hydrogen-bond donors (Lipinski definition) is 1. The molecule has 2 nitrogen and oxygen atoms in total. The Morgan fingerprint density at radius 1 is 1.47 bits per heavy atom. The SMILES string of the molecule is CCCc1cccc(C(C)(O)C2CCOC2)c1. The van der Waals surface area contributed by atoms with Crippen LogP contribution in [0.3, 0.4) is 0 Å². The zero-order valence-corrected chi connectivity index (χ0v) is 10.8. The van der Waals surface area contributed by atoms with E-state index in [4.69, 9.17) is 4.74 Å². The standard InChI is InChI=1S/C15H22O2/c1-3-5-12-6-4-7-13(10-12)15(2,16)14-8-9-17-11-14/h4,6-7,10,14,16H,3,5,8-9,11H2,1-2H3. The van der Waals surface area contributed by atoms with Gasteiger partial charge in [0.25, 0.3) is 0 Å². The molecule has 1 aromatic carbocycles. The van der Waals surface area contributed by atoms with Gasteiger partial charge in [0, 0.05) is 12.5 Å². The highest BCUT2D eigenvalue weighted by atomic mass is 16.5. The third-order valence-electron chi connectivity index (χ3n) is 3.77. The van der Waals surface area contributed by atoms with Crippen LogP contribution in [0, 0.1) is 5.92 Å². The molecule has 1 fully saturated rings. The van der Waals surface area contributed by atoms with Crippen LogP contribution in [0.4, 0.5) is 0 Å². The quantitative estimate of drug-likeness (QED) is 0.868. The van der Waals surface area contributed by atoms with E-state index in [0.29, 0.717) is 6.61 Å². The molecule has 0 aliphatic carbocycles. The van der Waals surface area contributed by atoms with Gasteiger partial charge in [-0.2, -0.15) is 0 Å². The lowest BCUT2D eigenvalue weighted by atomic mass is 9.81. The molecule has 2 rings (SSSR count). The maximum absolute atomic E-state index is 10.7. The van der Waals surface area contributed by atoms with Crippen LogP contribution in [0.1, 0.15) is 37.8 Å². The van der Waals surface area contributed by atoms with E-state index < -0.39 is 5.60 Å². The maximum Gasteiger partial charge on any atom is 0.0919 e. The smallest absolute Gasteiger partial charge is 0.0919 e. The molecule has 2 unspecified atom stereocenters. The van der Waals surface area contributed by atoms with Gasteiger partial charge in [0.1, 0.15) is 0 Å². The molecule has 94 valence electrons. The van der Waals surface area contributed by atoms with Crippen LogP contribution in [0.5, 0.6) is 0 Å². The van der Waals surface area contributed by atoms with Crippen LogP contribution >= 0.6 is 0 Å². The highest BCUT2D eigenvalue weighted by Gasteiger charge is 2.36. The summed E-state index contributed by atoms with van der Waals surface area (Å²) in [6.45, 7) is 5.54. The maximum atomic E-state index is 10.7. The highest BCUT2D eigenvalue weighted by Crippen LogP contribution is 2.34. The van der Waals surface area contributed by atoms with Crippen molar-refractivity contribution in [3.63, 3.8) is 0 Å². The lowest BCUT2D eigenvalue weighted by molar-refractivity contribution is -0.00977. The first kappa shape index (κ1) is 12.6. The van der Waals surface area contributed by atoms with E-state index in [9.17, 15) is 5.11 Å². The van der Waals surface area contributed by atoms with E-state index in [2.05, 4.69) is 19.1 Å². The molecule has 1 aromatic rings. The average Bonchev–Trinajstić information content (AvgIpc) is 2.84. The molecule has 0 radical (unpaired) electrons. The Bertz CT molecular complexity index is 365. The average molecular weight is 234 g/mol. The summed E-state index contributed by atoms with van der Waals surface area (Å²) in [6, 6.07) is 8.35. The summed E-state index contributed by atoms with van der Waals surface area (Å²) >= 11 is 0. The van der Waals surface area contributed by atoms with Gasteiger partial charge in [-0.05, 0) is 30.9 Å². The van der Waals surface area contributed by atoms with E-state index in [1.54, 1.807) is 0 Å². The molecule has 1 saturated heterocycles. The predicted molar refractivity (Wildman–Crippen MR) is 68.9 cm³/mol. The zero-order valence-electron chi connectivity index (χ0n) is 10.8. The molecule has 1 aliphatic rings. The Morgan fingerprint density at radius 2 is 2.29 bits per heavy atom. The van der Waals surface area contributed by atoms with Crippen molar-refractivity contribution in [2.75, 3.05) is 13.2 Å². The second kappa shape index (κ2) is 5.19. The van der Waals surface area contributed by atoms with Crippen LogP contribution in [-0.4, -0.2) is 18.3 Å². The summed E-state index contributed by atoms with van der Waals surface area (Å²) in [5.41, 5.74) is 1.57. The van der Waals surface area contributed by atoms with Gasteiger partial charge in [0.05, 0.1) is 12.2 Å². The lowest BCUT2D eigenvalue weighted by Gasteiger charge is -2.30. The molecule has 0 spiro atoms. The molecule has 1 N–H and O–H groups in total. The second-order valence-electron chi connectivity index (χ2n) is 5.16. The Kier molecular flexibility index (Phi) is 3.85. The van der Waals surface area contributed by atoms with Gasteiger partial charge in [-0.15, -0.1) is 0 Å². The summed E-state index contributed by atoms with van der Waals surface area (Å²) in [5.74, 6) is 0.222. The number of rotatable bonds is 4. The monoisotopic (exact) mass is 234 g/mol. The van der Waals surface area contributed by atoms with Gasteiger partial charge in [-0.3, -0.25) is 0 Å². The summed E-state index contributed by atoms with van der Waals surface area (Å²) in [4.78, 5) is 0. The lowest BCUT2D eigenvalue weighted by Crippen LogP contribution is -2.32. The third-order valence-corrected chi connectivity index (χ3v) is 3.77. The first-order chi connectivity index (χ1) is 8.14. The molecule has 1 heterocycles. The molecule has 0 saturated carbocycles.